The number of pyridine rings is 1. The van der Waals surface area contributed by atoms with Gasteiger partial charge < -0.3 is 9.47 Å². The third-order valence-corrected chi connectivity index (χ3v) is 7.16. The number of aromatic nitrogens is 2. The van der Waals surface area contributed by atoms with Crippen molar-refractivity contribution in [1.82, 2.24) is 9.55 Å². The summed E-state index contributed by atoms with van der Waals surface area (Å²) in [5.41, 5.74) is 7.53. The molecular formula is C33H33N3O2. The highest BCUT2D eigenvalue weighted by atomic mass is 16.5. The molecule has 1 aliphatic rings. The summed E-state index contributed by atoms with van der Waals surface area (Å²) < 4.78 is 14.7. The van der Waals surface area contributed by atoms with Crippen LogP contribution in [0.3, 0.4) is 0 Å². The summed E-state index contributed by atoms with van der Waals surface area (Å²) in [6, 6.07) is 23.3. The van der Waals surface area contributed by atoms with E-state index >= 15 is 0 Å². The molecule has 0 bridgehead atoms. The van der Waals surface area contributed by atoms with Crippen LogP contribution >= 0.6 is 0 Å². The topological polar surface area (TPSA) is 48.6 Å². The number of aryl methyl sites for hydroxylation is 3. The highest BCUT2D eigenvalue weighted by molar-refractivity contribution is 6.08. The van der Waals surface area contributed by atoms with Crippen LogP contribution in [0.2, 0.25) is 0 Å². The van der Waals surface area contributed by atoms with E-state index in [1.54, 1.807) is 0 Å². The van der Waals surface area contributed by atoms with Gasteiger partial charge in [0, 0.05) is 28.6 Å². The molecule has 0 saturated carbocycles. The highest BCUT2D eigenvalue weighted by Gasteiger charge is 2.30. The third kappa shape index (κ3) is 4.43. The summed E-state index contributed by atoms with van der Waals surface area (Å²) in [6.07, 6.45) is 1.85. The zero-order valence-corrected chi connectivity index (χ0v) is 22.9. The molecule has 0 saturated heterocycles. The lowest BCUT2D eigenvalue weighted by Crippen LogP contribution is -2.25. The Morgan fingerprint density at radius 3 is 2.37 bits per heavy atom. The second kappa shape index (κ2) is 9.02. The molecule has 0 amide bonds. The SMILES string of the molecule is Cc1cc(Oc2cc(C)cc(-n3c4ccc(C)cc4c4cccnc43)c2)cc(C2=N[C@H](C(C)(C)C)CO2)c1. The minimum atomic E-state index is 0.0588. The van der Waals surface area contributed by atoms with Crippen molar-refractivity contribution in [3.8, 4) is 17.2 Å². The summed E-state index contributed by atoms with van der Waals surface area (Å²) in [5.74, 6) is 2.23. The smallest absolute Gasteiger partial charge is 0.216 e. The molecule has 0 fully saturated rings. The van der Waals surface area contributed by atoms with Crippen LogP contribution in [0.4, 0.5) is 0 Å². The van der Waals surface area contributed by atoms with Gasteiger partial charge in [-0.15, -0.1) is 0 Å². The van der Waals surface area contributed by atoms with Gasteiger partial charge in [-0.2, -0.15) is 0 Å². The molecule has 192 valence electrons. The van der Waals surface area contributed by atoms with Gasteiger partial charge in [0.2, 0.25) is 5.90 Å². The Labute approximate surface area is 223 Å². The first-order valence-corrected chi connectivity index (χ1v) is 13.1. The number of fused-ring (bicyclic) bond motifs is 3. The van der Waals surface area contributed by atoms with Gasteiger partial charge in [0.25, 0.3) is 0 Å². The summed E-state index contributed by atoms with van der Waals surface area (Å²) in [5, 5.41) is 2.34. The maximum absolute atomic E-state index is 6.47. The monoisotopic (exact) mass is 503 g/mol. The van der Waals surface area contributed by atoms with E-state index in [1.165, 1.54) is 10.9 Å². The van der Waals surface area contributed by atoms with Crippen molar-refractivity contribution in [3.05, 3.63) is 95.2 Å². The van der Waals surface area contributed by atoms with Crippen molar-refractivity contribution in [2.24, 2.45) is 10.4 Å². The zero-order chi connectivity index (χ0) is 26.6. The Morgan fingerprint density at radius 1 is 0.842 bits per heavy atom. The minimum absolute atomic E-state index is 0.0588. The second-order valence-electron chi connectivity index (χ2n) is 11.5. The van der Waals surface area contributed by atoms with Crippen molar-refractivity contribution in [2.75, 3.05) is 6.61 Å². The Bertz CT molecular complexity index is 1720. The van der Waals surface area contributed by atoms with E-state index in [2.05, 4.69) is 94.6 Å². The number of nitrogens with zero attached hydrogens (tertiary/aromatic N) is 3. The molecule has 5 aromatic rings. The van der Waals surface area contributed by atoms with E-state index in [-0.39, 0.29) is 11.5 Å². The summed E-state index contributed by atoms with van der Waals surface area (Å²) in [6.45, 7) is 13.5. The van der Waals surface area contributed by atoms with Gasteiger partial charge in [0.1, 0.15) is 23.8 Å². The van der Waals surface area contributed by atoms with Gasteiger partial charge >= 0.3 is 0 Å². The maximum Gasteiger partial charge on any atom is 0.216 e. The molecule has 1 atom stereocenters. The molecule has 3 heterocycles. The molecular weight excluding hydrogens is 470 g/mol. The van der Waals surface area contributed by atoms with E-state index in [9.17, 15) is 0 Å². The van der Waals surface area contributed by atoms with Gasteiger partial charge in [-0.3, -0.25) is 4.57 Å². The average molecular weight is 504 g/mol. The van der Waals surface area contributed by atoms with Crippen LogP contribution in [0.5, 0.6) is 11.5 Å². The summed E-state index contributed by atoms with van der Waals surface area (Å²) in [4.78, 5) is 9.63. The number of rotatable bonds is 4. The number of aliphatic imine (C=N–C) groups is 1. The first-order valence-electron chi connectivity index (χ1n) is 13.1. The number of hydrogen-bond acceptors (Lipinski definition) is 4. The number of benzene rings is 3. The van der Waals surface area contributed by atoms with E-state index in [0.29, 0.717) is 12.5 Å². The first kappa shape index (κ1) is 24.2. The van der Waals surface area contributed by atoms with Crippen LogP contribution in [0.15, 0.2) is 77.9 Å². The van der Waals surface area contributed by atoms with Crippen LogP contribution in [-0.4, -0.2) is 28.1 Å². The molecule has 0 N–H and O–H groups in total. The molecule has 5 nitrogen and oxygen atoms in total. The van der Waals surface area contributed by atoms with Gasteiger partial charge in [0.15, 0.2) is 0 Å². The van der Waals surface area contributed by atoms with Crippen molar-refractivity contribution in [3.63, 3.8) is 0 Å². The van der Waals surface area contributed by atoms with E-state index < -0.39 is 0 Å². The zero-order valence-electron chi connectivity index (χ0n) is 22.9. The largest absolute Gasteiger partial charge is 0.475 e. The number of ether oxygens (including phenoxy) is 2. The van der Waals surface area contributed by atoms with Gasteiger partial charge in [0.05, 0.1) is 17.2 Å². The molecule has 5 heteroatoms. The van der Waals surface area contributed by atoms with Gasteiger partial charge in [-0.25, -0.2) is 9.98 Å². The Kier molecular flexibility index (Phi) is 5.75. The lowest BCUT2D eigenvalue weighted by Gasteiger charge is -2.21. The molecule has 2 aromatic heterocycles. The molecule has 1 aliphatic heterocycles. The van der Waals surface area contributed by atoms with Crippen molar-refractivity contribution < 1.29 is 9.47 Å². The van der Waals surface area contributed by atoms with Crippen molar-refractivity contribution in [1.29, 1.82) is 0 Å². The van der Waals surface area contributed by atoms with Crippen LogP contribution < -0.4 is 4.74 Å². The summed E-state index contributed by atoms with van der Waals surface area (Å²) >= 11 is 0. The fourth-order valence-corrected chi connectivity index (χ4v) is 5.18. The Morgan fingerprint density at radius 2 is 1.61 bits per heavy atom. The molecule has 6 rings (SSSR count). The van der Waals surface area contributed by atoms with Crippen LogP contribution in [0.1, 0.15) is 43.0 Å². The number of hydrogen-bond donors (Lipinski definition) is 0. The molecule has 3 aromatic carbocycles. The Balaban J connectivity index is 1.40. The van der Waals surface area contributed by atoms with E-state index in [0.717, 1.165) is 50.4 Å². The van der Waals surface area contributed by atoms with Crippen LogP contribution in [0, 0.1) is 26.2 Å². The fraction of sp³-hybridized carbons (Fsp3) is 0.273. The maximum atomic E-state index is 6.47. The van der Waals surface area contributed by atoms with Gasteiger partial charge in [-0.05, 0) is 91.9 Å². The first-order chi connectivity index (χ1) is 18.2. The van der Waals surface area contributed by atoms with Gasteiger partial charge in [-0.1, -0.05) is 32.4 Å². The minimum Gasteiger partial charge on any atom is -0.475 e. The third-order valence-electron chi connectivity index (χ3n) is 7.16. The van der Waals surface area contributed by atoms with E-state index in [4.69, 9.17) is 19.5 Å². The van der Waals surface area contributed by atoms with Crippen molar-refractivity contribution in [2.45, 2.75) is 47.6 Å². The van der Waals surface area contributed by atoms with Crippen LogP contribution in [-0.2, 0) is 4.74 Å². The fourth-order valence-electron chi connectivity index (χ4n) is 5.18. The Hall–Kier alpha value is -4.12. The average Bonchev–Trinajstić information content (AvgIpc) is 3.47. The molecule has 0 radical (unpaired) electrons. The normalized spacial score (nSPS) is 15.6. The highest BCUT2D eigenvalue weighted by Crippen LogP contribution is 2.35. The second-order valence-corrected chi connectivity index (χ2v) is 11.5. The standard InChI is InChI=1S/C33H33N3O2/c1-20-9-10-29-28(16-20)27-8-7-11-34-31(27)36(29)24-13-22(3)15-26(18-24)38-25-14-21(2)12-23(17-25)32-35-30(19-37-32)33(4,5)6/h7-18,30H,19H2,1-6H3/t30-/m0/s1. The predicted octanol–water partition coefficient (Wildman–Crippen LogP) is 8.09. The van der Waals surface area contributed by atoms with Crippen LogP contribution in [0.25, 0.3) is 27.6 Å². The van der Waals surface area contributed by atoms with E-state index in [1.807, 2.05) is 24.4 Å². The lowest BCUT2D eigenvalue weighted by atomic mass is 9.88. The molecule has 0 spiro atoms. The molecule has 38 heavy (non-hydrogen) atoms. The summed E-state index contributed by atoms with van der Waals surface area (Å²) in [7, 11) is 0. The molecule has 0 unspecified atom stereocenters. The predicted molar refractivity (Wildman–Crippen MR) is 155 cm³/mol. The van der Waals surface area contributed by atoms with Crippen molar-refractivity contribution >= 4 is 27.8 Å². The lowest BCUT2D eigenvalue weighted by molar-refractivity contribution is 0.236. The quantitative estimate of drug-likeness (QED) is 0.249. The molecule has 0 aliphatic carbocycles.